The molecule has 3 aliphatic rings. The van der Waals surface area contributed by atoms with Crippen molar-refractivity contribution in [3.63, 3.8) is 0 Å². The molecule has 10 nitrogen and oxygen atoms in total. The zero-order valence-electron chi connectivity index (χ0n) is 11.9. The standard InChI is InChI=1S/C12H20N2O8/c15-8-5-19-11-9(6-20-10(8)11)21-12(16)13-3-1-7(2-4-13)22-14(17)18/h7-11,15,17-18H,1-6H2/t8-,9-,10?,11-/m1/s1. The first-order chi connectivity index (χ1) is 10.5. The highest BCUT2D eigenvalue weighted by atomic mass is 17.1. The second-order valence-electron chi connectivity index (χ2n) is 5.63. The highest BCUT2D eigenvalue weighted by Crippen LogP contribution is 2.29. The molecule has 22 heavy (non-hydrogen) atoms. The van der Waals surface area contributed by atoms with E-state index in [9.17, 15) is 9.90 Å². The number of hydrogen-bond donors (Lipinski definition) is 3. The van der Waals surface area contributed by atoms with Crippen molar-refractivity contribution >= 4 is 6.09 Å². The summed E-state index contributed by atoms with van der Waals surface area (Å²) < 4.78 is 16.2. The third-order valence-corrected chi connectivity index (χ3v) is 4.18. The number of fused-ring (bicyclic) bond motifs is 1. The monoisotopic (exact) mass is 320 g/mol. The molecule has 0 spiro atoms. The molecule has 0 bridgehead atoms. The quantitative estimate of drug-likeness (QED) is 0.569. The maximum absolute atomic E-state index is 12.1. The number of hydrogen-bond acceptors (Lipinski definition) is 9. The first-order valence-corrected chi connectivity index (χ1v) is 7.26. The van der Waals surface area contributed by atoms with Crippen molar-refractivity contribution in [3.8, 4) is 0 Å². The predicted molar refractivity (Wildman–Crippen MR) is 66.8 cm³/mol. The number of likely N-dealkylation sites (tertiary alicyclic amines) is 1. The summed E-state index contributed by atoms with van der Waals surface area (Å²) in [5.41, 5.74) is 0. The summed E-state index contributed by atoms with van der Waals surface area (Å²) in [6, 6.07) is 0. The summed E-state index contributed by atoms with van der Waals surface area (Å²) in [5, 5.41) is 26.5. The topological polar surface area (TPSA) is 121 Å². The summed E-state index contributed by atoms with van der Waals surface area (Å²) in [6.07, 6.45) is -1.94. The molecule has 1 amide bonds. The van der Waals surface area contributed by atoms with E-state index in [4.69, 9.17) is 29.5 Å². The van der Waals surface area contributed by atoms with Crippen LogP contribution >= 0.6 is 0 Å². The Bertz CT molecular complexity index is 401. The molecular weight excluding hydrogens is 300 g/mol. The molecule has 3 aliphatic heterocycles. The van der Waals surface area contributed by atoms with Crippen LogP contribution in [0.3, 0.4) is 0 Å². The Balaban J connectivity index is 1.45. The van der Waals surface area contributed by atoms with Gasteiger partial charge in [-0.15, -0.1) is 0 Å². The third-order valence-electron chi connectivity index (χ3n) is 4.18. The van der Waals surface area contributed by atoms with Crippen LogP contribution in [0.5, 0.6) is 0 Å². The highest BCUT2D eigenvalue weighted by Gasteiger charge is 2.49. The molecule has 4 atom stereocenters. The summed E-state index contributed by atoms with van der Waals surface area (Å²) in [5.74, 6) is 0. The normalized spacial score (nSPS) is 35.9. The smallest absolute Gasteiger partial charge is 0.410 e. The van der Waals surface area contributed by atoms with Crippen LogP contribution in [-0.2, 0) is 19.0 Å². The fourth-order valence-electron chi connectivity index (χ4n) is 3.03. The van der Waals surface area contributed by atoms with Gasteiger partial charge in [0.15, 0.2) is 6.10 Å². The Morgan fingerprint density at radius 3 is 2.50 bits per heavy atom. The van der Waals surface area contributed by atoms with Gasteiger partial charge in [0.25, 0.3) is 0 Å². The third kappa shape index (κ3) is 3.33. The molecule has 3 heterocycles. The lowest BCUT2D eigenvalue weighted by atomic mass is 10.1. The van der Waals surface area contributed by atoms with E-state index in [1.807, 2.05) is 0 Å². The molecule has 3 saturated heterocycles. The van der Waals surface area contributed by atoms with Gasteiger partial charge < -0.3 is 24.2 Å². The molecule has 0 aromatic heterocycles. The van der Waals surface area contributed by atoms with Gasteiger partial charge in [-0.3, -0.25) is 10.4 Å². The second-order valence-corrected chi connectivity index (χ2v) is 5.63. The number of aliphatic hydroxyl groups is 1. The van der Waals surface area contributed by atoms with E-state index in [-0.39, 0.29) is 24.7 Å². The van der Waals surface area contributed by atoms with Gasteiger partial charge in [0.05, 0.1) is 24.7 Å². The van der Waals surface area contributed by atoms with E-state index in [1.165, 1.54) is 4.90 Å². The number of amides is 1. The fourth-order valence-corrected chi connectivity index (χ4v) is 3.03. The summed E-state index contributed by atoms with van der Waals surface area (Å²) in [4.78, 5) is 18.4. The van der Waals surface area contributed by atoms with Crippen molar-refractivity contribution in [2.24, 2.45) is 0 Å². The number of piperidine rings is 1. The van der Waals surface area contributed by atoms with Crippen LogP contribution in [0.2, 0.25) is 0 Å². The number of aliphatic hydroxyl groups excluding tert-OH is 1. The van der Waals surface area contributed by atoms with Gasteiger partial charge in [0.1, 0.15) is 18.3 Å². The lowest BCUT2D eigenvalue weighted by molar-refractivity contribution is -0.506. The van der Waals surface area contributed by atoms with E-state index in [1.54, 1.807) is 0 Å². The van der Waals surface area contributed by atoms with Gasteiger partial charge in [-0.05, 0) is 12.8 Å². The Kier molecular flexibility index (Phi) is 4.78. The van der Waals surface area contributed by atoms with Crippen LogP contribution < -0.4 is 0 Å². The lowest BCUT2D eigenvalue weighted by Crippen LogP contribution is -2.45. The van der Waals surface area contributed by atoms with Crippen LogP contribution in [0.1, 0.15) is 12.8 Å². The van der Waals surface area contributed by atoms with Crippen molar-refractivity contribution in [3.05, 3.63) is 0 Å². The lowest BCUT2D eigenvalue weighted by Gasteiger charge is -2.32. The van der Waals surface area contributed by atoms with Gasteiger partial charge >= 0.3 is 6.09 Å². The van der Waals surface area contributed by atoms with Crippen LogP contribution in [-0.4, -0.2) is 88.7 Å². The van der Waals surface area contributed by atoms with Crippen LogP contribution in [0.15, 0.2) is 0 Å². The predicted octanol–water partition coefficient (Wildman–Crippen LogP) is -0.873. The van der Waals surface area contributed by atoms with Gasteiger partial charge in [-0.1, -0.05) is 0 Å². The Labute approximate surface area is 126 Å². The molecule has 0 radical (unpaired) electrons. The minimum atomic E-state index is -0.679. The minimum Gasteiger partial charge on any atom is -0.441 e. The average molecular weight is 320 g/mol. The number of rotatable bonds is 3. The molecule has 3 N–H and O–H groups in total. The zero-order valence-corrected chi connectivity index (χ0v) is 11.9. The largest absolute Gasteiger partial charge is 0.441 e. The van der Waals surface area contributed by atoms with E-state index < -0.39 is 30.5 Å². The highest BCUT2D eigenvalue weighted by molar-refractivity contribution is 5.68. The van der Waals surface area contributed by atoms with Gasteiger partial charge in [-0.2, -0.15) is 0 Å². The SMILES string of the molecule is O=C(O[C@@H]1COC2[C@H](O)CO[C@@H]21)N1CCC(ON(O)O)CC1. The Morgan fingerprint density at radius 2 is 1.82 bits per heavy atom. The number of carbonyl (C=O) groups is 1. The maximum Gasteiger partial charge on any atom is 0.410 e. The number of carbonyl (C=O) groups excluding carboxylic acids is 1. The summed E-state index contributed by atoms with van der Waals surface area (Å²) >= 11 is 0. The van der Waals surface area contributed by atoms with Crippen molar-refractivity contribution in [2.45, 2.75) is 43.4 Å². The summed E-state index contributed by atoms with van der Waals surface area (Å²) in [6.45, 7) is 1.18. The molecule has 0 saturated carbocycles. The van der Waals surface area contributed by atoms with Crippen LogP contribution in [0.4, 0.5) is 4.79 Å². The van der Waals surface area contributed by atoms with Gasteiger partial charge in [0, 0.05) is 13.1 Å². The average Bonchev–Trinajstić information content (AvgIpc) is 3.03. The second kappa shape index (κ2) is 6.62. The maximum atomic E-state index is 12.1. The summed E-state index contributed by atoms with van der Waals surface area (Å²) in [7, 11) is 0. The number of nitrogens with zero attached hydrogens (tertiary/aromatic N) is 2. The molecule has 3 fully saturated rings. The first-order valence-electron chi connectivity index (χ1n) is 7.26. The number of ether oxygens (including phenoxy) is 3. The molecule has 10 heteroatoms. The van der Waals surface area contributed by atoms with Crippen LogP contribution in [0, 0.1) is 0 Å². The van der Waals surface area contributed by atoms with E-state index in [2.05, 4.69) is 0 Å². The molecule has 1 unspecified atom stereocenters. The van der Waals surface area contributed by atoms with Crippen LogP contribution in [0.25, 0.3) is 0 Å². The van der Waals surface area contributed by atoms with Crippen molar-refractivity contribution in [1.29, 1.82) is 0 Å². The van der Waals surface area contributed by atoms with E-state index in [0.717, 1.165) is 0 Å². The molecule has 0 aromatic rings. The Morgan fingerprint density at radius 1 is 1.14 bits per heavy atom. The molecular formula is C12H20N2O8. The van der Waals surface area contributed by atoms with Crippen molar-refractivity contribution in [1.82, 2.24) is 10.3 Å². The van der Waals surface area contributed by atoms with E-state index >= 15 is 0 Å². The molecule has 0 aliphatic carbocycles. The zero-order chi connectivity index (χ0) is 15.7. The first kappa shape index (κ1) is 15.9. The fraction of sp³-hybridized carbons (Fsp3) is 0.917. The molecule has 0 aromatic carbocycles. The van der Waals surface area contributed by atoms with Gasteiger partial charge in [-0.25, -0.2) is 9.63 Å². The Hall–Kier alpha value is -1.01. The van der Waals surface area contributed by atoms with E-state index in [0.29, 0.717) is 25.9 Å². The van der Waals surface area contributed by atoms with Crippen molar-refractivity contribution < 1.29 is 39.4 Å². The van der Waals surface area contributed by atoms with Crippen molar-refractivity contribution in [2.75, 3.05) is 26.3 Å². The molecule has 126 valence electrons. The minimum absolute atomic E-state index is 0.185. The van der Waals surface area contributed by atoms with Gasteiger partial charge in [0.2, 0.25) is 0 Å². The molecule has 3 rings (SSSR count).